The van der Waals surface area contributed by atoms with E-state index >= 15 is 0 Å². The number of nitrogens with zero attached hydrogens (tertiary/aromatic N) is 1. The second-order valence-corrected chi connectivity index (χ2v) is 6.65. The Hall–Kier alpha value is -0.840. The third-order valence-electron chi connectivity index (χ3n) is 1.96. The zero-order chi connectivity index (χ0) is 11.9. The normalized spacial score (nSPS) is 23.0. The minimum absolute atomic E-state index is 0.104. The lowest BCUT2D eigenvalue weighted by Crippen LogP contribution is -2.31. The van der Waals surface area contributed by atoms with E-state index in [1.165, 1.54) is 11.8 Å². The first-order valence-corrected chi connectivity index (χ1v) is 5.58. The Morgan fingerprint density at radius 2 is 1.93 bits per heavy atom. The van der Waals surface area contributed by atoms with Gasteiger partial charge in [0.1, 0.15) is 0 Å². The topological polar surface area (TPSA) is 58.5 Å². The van der Waals surface area contributed by atoms with E-state index in [1.807, 2.05) is 0 Å². The largest absolute Gasteiger partial charge is 0.304 e. The molecule has 5 heteroatoms. The highest BCUT2D eigenvalue weighted by atomic mass is 32.2. The highest BCUT2D eigenvalue weighted by molar-refractivity contribution is 8.16. The Morgan fingerprint density at radius 1 is 1.40 bits per heavy atom. The van der Waals surface area contributed by atoms with Crippen molar-refractivity contribution in [3.63, 3.8) is 0 Å². The van der Waals surface area contributed by atoms with E-state index in [9.17, 15) is 9.59 Å². The maximum absolute atomic E-state index is 11.6. The van der Waals surface area contributed by atoms with Gasteiger partial charge in [0.15, 0.2) is 5.17 Å². The fourth-order valence-electron chi connectivity index (χ4n) is 0.872. The van der Waals surface area contributed by atoms with Crippen LogP contribution in [0.4, 0.5) is 0 Å². The van der Waals surface area contributed by atoms with E-state index in [2.05, 4.69) is 10.3 Å². The maximum Gasteiger partial charge on any atom is 0.253 e. The van der Waals surface area contributed by atoms with Crippen LogP contribution < -0.4 is 5.32 Å². The molecule has 1 rings (SSSR count). The molecule has 0 spiro atoms. The molecule has 0 atom stereocenters. The predicted octanol–water partition coefficient (Wildman–Crippen LogP) is 1.56. The van der Waals surface area contributed by atoms with Crippen LogP contribution in [0.2, 0.25) is 0 Å². The van der Waals surface area contributed by atoms with Gasteiger partial charge in [-0.1, -0.05) is 32.5 Å². The Balaban J connectivity index is 2.82. The number of aliphatic imine (C=N–C) groups is 1. The summed E-state index contributed by atoms with van der Waals surface area (Å²) in [5.74, 6) is -0.323. The van der Waals surface area contributed by atoms with Crippen molar-refractivity contribution in [2.24, 2.45) is 10.4 Å². The fourth-order valence-corrected chi connectivity index (χ4v) is 1.77. The summed E-state index contributed by atoms with van der Waals surface area (Å²) < 4.78 is -0.531. The first-order valence-electron chi connectivity index (χ1n) is 4.76. The standard InChI is InChI=1S/C10H16N2O2S/c1-9(2,3)6(13)11-8-12-7(14)10(4,5)15-8/h1-5H3,(H,11,12,13,14). The molecule has 1 aliphatic rings. The minimum atomic E-state index is -0.531. The summed E-state index contributed by atoms with van der Waals surface area (Å²) in [5.41, 5.74) is -0.509. The van der Waals surface area contributed by atoms with E-state index in [-0.39, 0.29) is 11.8 Å². The molecule has 0 radical (unpaired) electrons. The number of thioether (sulfide) groups is 1. The highest BCUT2D eigenvalue weighted by Crippen LogP contribution is 2.31. The zero-order valence-electron chi connectivity index (χ0n) is 9.67. The molecule has 84 valence electrons. The Morgan fingerprint density at radius 3 is 2.27 bits per heavy atom. The summed E-state index contributed by atoms with van der Waals surface area (Å²) in [6, 6.07) is 0. The summed E-state index contributed by atoms with van der Waals surface area (Å²) in [4.78, 5) is 26.9. The SMILES string of the molecule is CC(C)(C)C(=O)/N=C1\NC(=O)C(C)(C)S1. The summed E-state index contributed by atoms with van der Waals surface area (Å²) in [6.07, 6.45) is 0. The lowest BCUT2D eigenvalue weighted by atomic mass is 9.96. The van der Waals surface area contributed by atoms with E-state index < -0.39 is 10.2 Å². The number of hydrogen-bond acceptors (Lipinski definition) is 3. The van der Waals surface area contributed by atoms with Crippen LogP contribution in [0.25, 0.3) is 0 Å². The first-order chi connectivity index (χ1) is 6.63. The summed E-state index contributed by atoms with van der Waals surface area (Å²) in [5, 5.41) is 3.01. The molecule has 0 bridgehead atoms. The van der Waals surface area contributed by atoms with Gasteiger partial charge in [0.05, 0.1) is 4.75 Å². The molecule has 4 nitrogen and oxygen atoms in total. The predicted molar refractivity (Wildman–Crippen MR) is 61.7 cm³/mol. The van der Waals surface area contributed by atoms with Gasteiger partial charge >= 0.3 is 0 Å². The van der Waals surface area contributed by atoms with Crippen molar-refractivity contribution in [2.45, 2.75) is 39.4 Å². The average molecular weight is 228 g/mol. The summed E-state index contributed by atoms with van der Waals surface area (Å²) >= 11 is 1.29. The van der Waals surface area contributed by atoms with Crippen LogP contribution >= 0.6 is 11.8 Å². The van der Waals surface area contributed by atoms with Crippen molar-refractivity contribution in [3.05, 3.63) is 0 Å². The van der Waals surface area contributed by atoms with Gasteiger partial charge < -0.3 is 5.32 Å². The molecule has 0 aliphatic carbocycles. The highest BCUT2D eigenvalue weighted by Gasteiger charge is 2.38. The second kappa shape index (κ2) is 3.63. The lowest BCUT2D eigenvalue weighted by molar-refractivity contribution is -0.124. The van der Waals surface area contributed by atoms with Gasteiger partial charge in [-0.25, -0.2) is 0 Å². The number of hydrogen-bond donors (Lipinski definition) is 1. The van der Waals surface area contributed by atoms with E-state index in [4.69, 9.17) is 0 Å². The van der Waals surface area contributed by atoms with Crippen LogP contribution in [0, 0.1) is 5.41 Å². The first kappa shape index (κ1) is 12.2. The molecule has 1 saturated heterocycles. The summed E-state index contributed by atoms with van der Waals surface area (Å²) in [7, 11) is 0. The third-order valence-corrected chi connectivity index (χ3v) is 3.05. The zero-order valence-corrected chi connectivity index (χ0v) is 10.5. The molecule has 0 aromatic heterocycles. The van der Waals surface area contributed by atoms with E-state index in [1.54, 1.807) is 34.6 Å². The third kappa shape index (κ3) is 2.81. The minimum Gasteiger partial charge on any atom is -0.304 e. The van der Waals surface area contributed by atoms with Crippen molar-refractivity contribution in [3.8, 4) is 0 Å². The maximum atomic E-state index is 11.6. The van der Waals surface area contributed by atoms with Gasteiger partial charge in [-0.15, -0.1) is 0 Å². The molecular formula is C10H16N2O2S. The van der Waals surface area contributed by atoms with E-state index in [0.717, 1.165) is 0 Å². The Labute approximate surface area is 93.9 Å². The van der Waals surface area contributed by atoms with Crippen molar-refractivity contribution >= 4 is 28.7 Å². The van der Waals surface area contributed by atoms with Gasteiger partial charge in [0.25, 0.3) is 5.91 Å². The van der Waals surface area contributed by atoms with Crippen LogP contribution in [0.5, 0.6) is 0 Å². The number of amides is 2. The van der Waals surface area contributed by atoms with Crippen LogP contribution in [-0.2, 0) is 9.59 Å². The fraction of sp³-hybridized carbons (Fsp3) is 0.700. The number of amidine groups is 1. The molecule has 2 amide bonds. The average Bonchev–Trinajstić information content (AvgIpc) is 2.23. The van der Waals surface area contributed by atoms with Crippen molar-refractivity contribution in [1.29, 1.82) is 0 Å². The molecule has 1 aliphatic heterocycles. The van der Waals surface area contributed by atoms with Crippen LogP contribution in [0.15, 0.2) is 4.99 Å². The van der Waals surface area contributed by atoms with Gasteiger partial charge in [0.2, 0.25) is 5.91 Å². The Bertz CT molecular complexity index is 340. The molecule has 0 aromatic rings. The van der Waals surface area contributed by atoms with Crippen LogP contribution in [0.3, 0.4) is 0 Å². The molecule has 0 saturated carbocycles. The molecule has 15 heavy (non-hydrogen) atoms. The van der Waals surface area contributed by atoms with Crippen molar-refractivity contribution in [2.75, 3.05) is 0 Å². The van der Waals surface area contributed by atoms with Crippen molar-refractivity contribution in [1.82, 2.24) is 5.32 Å². The molecule has 1 fully saturated rings. The number of nitrogens with one attached hydrogen (secondary N) is 1. The lowest BCUT2D eigenvalue weighted by Gasteiger charge is -2.12. The van der Waals surface area contributed by atoms with Gasteiger partial charge in [-0.2, -0.15) is 4.99 Å². The quantitative estimate of drug-likeness (QED) is 0.684. The molecule has 1 heterocycles. The molecule has 0 unspecified atom stereocenters. The Kier molecular flexibility index (Phi) is 2.96. The number of carbonyl (C=O) groups is 2. The van der Waals surface area contributed by atoms with Crippen LogP contribution in [0.1, 0.15) is 34.6 Å². The van der Waals surface area contributed by atoms with Crippen molar-refractivity contribution < 1.29 is 9.59 Å². The monoisotopic (exact) mass is 228 g/mol. The number of rotatable bonds is 0. The number of carbonyl (C=O) groups excluding carboxylic acids is 2. The van der Waals surface area contributed by atoms with Gasteiger partial charge in [-0.3, -0.25) is 9.59 Å². The van der Waals surface area contributed by atoms with Crippen LogP contribution in [-0.4, -0.2) is 21.7 Å². The van der Waals surface area contributed by atoms with Gasteiger partial charge in [0, 0.05) is 5.41 Å². The molecule has 1 N–H and O–H groups in total. The van der Waals surface area contributed by atoms with Gasteiger partial charge in [-0.05, 0) is 13.8 Å². The smallest absolute Gasteiger partial charge is 0.253 e. The van der Waals surface area contributed by atoms with E-state index in [0.29, 0.717) is 5.17 Å². The molecular weight excluding hydrogens is 212 g/mol. The second-order valence-electron chi connectivity index (χ2n) is 5.04. The molecule has 0 aromatic carbocycles. The summed E-state index contributed by atoms with van der Waals surface area (Å²) in [6.45, 7) is 9.00.